The summed E-state index contributed by atoms with van der Waals surface area (Å²) in [6, 6.07) is 69.6. The fourth-order valence-electron chi connectivity index (χ4n) is 8.98. The molecule has 1 N–H and O–H groups in total. The first-order chi connectivity index (χ1) is 35.6. The molecule has 374 valence electrons. The summed E-state index contributed by atoms with van der Waals surface area (Å²) in [5, 5.41) is 12.1. The van der Waals surface area contributed by atoms with Gasteiger partial charge in [-0.2, -0.15) is 0 Å². The zero-order chi connectivity index (χ0) is 49.0. The van der Waals surface area contributed by atoms with Crippen LogP contribution >= 0.6 is 0 Å². The van der Waals surface area contributed by atoms with Gasteiger partial charge in [0.1, 0.15) is 48.8 Å². The number of benzene rings is 7. The molecule has 0 amide bonds. The monoisotopic (exact) mass is 972 g/mol. The Balaban J connectivity index is 1.10. The highest BCUT2D eigenvalue weighted by molar-refractivity contribution is 5.19. The summed E-state index contributed by atoms with van der Waals surface area (Å²) in [7, 11) is 0. The summed E-state index contributed by atoms with van der Waals surface area (Å²) in [6.45, 7) is 1.93. The van der Waals surface area contributed by atoms with Gasteiger partial charge in [0.05, 0.1) is 59.5 Å². The van der Waals surface area contributed by atoms with E-state index in [2.05, 4.69) is 0 Å². The Morgan fingerprint density at radius 2 is 0.569 bits per heavy atom. The highest BCUT2D eigenvalue weighted by Crippen LogP contribution is 2.36. The molecule has 0 aromatic heterocycles. The van der Waals surface area contributed by atoms with Crippen molar-refractivity contribution in [3.63, 3.8) is 0 Å². The highest BCUT2D eigenvalue weighted by Gasteiger charge is 2.54. The second-order valence-electron chi connectivity index (χ2n) is 18.0. The number of ether oxygens (including phenoxy) is 10. The molecule has 7 aromatic rings. The van der Waals surface area contributed by atoms with E-state index in [1.54, 1.807) is 0 Å². The third kappa shape index (κ3) is 14.8. The average Bonchev–Trinajstić information content (AvgIpc) is 3.43. The fraction of sp³-hybridized carbons (Fsp3) is 0.311. The van der Waals surface area contributed by atoms with Gasteiger partial charge in [-0.3, -0.25) is 0 Å². The quantitative estimate of drug-likeness (QED) is 0.0591. The van der Waals surface area contributed by atoms with Crippen LogP contribution in [-0.4, -0.2) is 79.7 Å². The smallest absolute Gasteiger partial charge is 0.187 e. The van der Waals surface area contributed by atoms with E-state index < -0.39 is 61.4 Å². The van der Waals surface area contributed by atoms with Crippen LogP contribution in [0.25, 0.3) is 0 Å². The molecule has 0 bridgehead atoms. The zero-order valence-electron chi connectivity index (χ0n) is 40.4. The molecule has 2 aliphatic rings. The van der Waals surface area contributed by atoms with Crippen LogP contribution in [0.3, 0.4) is 0 Å². The van der Waals surface area contributed by atoms with Crippen molar-refractivity contribution in [2.75, 3.05) is 13.2 Å². The Kier molecular flexibility index (Phi) is 19.3. The normalized spacial score (nSPS) is 24.2. The molecule has 2 saturated heterocycles. The van der Waals surface area contributed by atoms with Gasteiger partial charge in [0.2, 0.25) is 0 Å². The second-order valence-corrected chi connectivity index (χ2v) is 18.0. The van der Waals surface area contributed by atoms with Crippen molar-refractivity contribution < 1.29 is 52.5 Å². The molecule has 72 heavy (non-hydrogen) atoms. The molecule has 9 rings (SSSR count). The van der Waals surface area contributed by atoms with Crippen LogP contribution in [-0.2, 0) is 93.6 Å². The van der Waals surface area contributed by atoms with E-state index in [0.29, 0.717) is 13.2 Å². The Hall–Kier alpha value is -5.90. The lowest BCUT2D eigenvalue weighted by molar-refractivity contribution is -0.375. The summed E-state index contributed by atoms with van der Waals surface area (Å²) in [6.07, 6.45) is -9.47. The maximum absolute atomic E-state index is 12.1. The third-order valence-electron chi connectivity index (χ3n) is 12.7. The van der Waals surface area contributed by atoms with Crippen LogP contribution in [0.5, 0.6) is 0 Å². The molecule has 7 aromatic carbocycles. The van der Waals surface area contributed by atoms with Crippen LogP contribution in [0.15, 0.2) is 212 Å². The molecule has 2 heterocycles. The van der Waals surface area contributed by atoms with Crippen molar-refractivity contribution in [1.29, 1.82) is 0 Å². The minimum absolute atomic E-state index is 0.0737. The Morgan fingerprint density at radius 1 is 0.292 bits per heavy atom. The van der Waals surface area contributed by atoms with E-state index in [0.717, 1.165) is 38.9 Å². The molecular formula is C61H64O11. The molecule has 2 fully saturated rings. The Labute approximate surface area is 423 Å². The number of aliphatic hydroxyl groups is 1. The topological polar surface area (TPSA) is 113 Å². The van der Waals surface area contributed by atoms with Gasteiger partial charge in [-0.25, -0.2) is 0 Å². The van der Waals surface area contributed by atoms with Gasteiger partial charge in [-0.05, 0) is 38.9 Å². The van der Waals surface area contributed by atoms with E-state index in [1.165, 1.54) is 0 Å². The van der Waals surface area contributed by atoms with Crippen LogP contribution in [0.4, 0.5) is 0 Å². The van der Waals surface area contributed by atoms with E-state index in [9.17, 15) is 5.11 Å². The lowest BCUT2D eigenvalue weighted by Crippen LogP contribution is -2.66. The predicted molar refractivity (Wildman–Crippen MR) is 272 cm³/mol. The summed E-state index contributed by atoms with van der Waals surface area (Å²) in [4.78, 5) is 0. The summed E-state index contributed by atoms with van der Waals surface area (Å²) in [5.74, 6) is 0. The zero-order valence-corrected chi connectivity index (χ0v) is 40.4. The van der Waals surface area contributed by atoms with E-state index in [-0.39, 0.29) is 46.2 Å². The van der Waals surface area contributed by atoms with E-state index >= 15 is 0 Å². The van der Waals surface area contributed by atoms with E-state index in [1.807, 2.05) is 212 Å². The van der Waals surface area contributed by atoms with Crippen molar-refractivity contribution in [1.82, 2.24) is 0 Å². The average molecular weight is 973 g/mol. The van der Waals surface area contributed by atoms with Gasteiger partial charge < -0.3 is 52.5 Å². The van der Waals surface area contributed by atoms with E-state index in [4.69, 9.17) is 47.4 Å². The van der Waals surface area contributed by atoms with Crippen LogP contribution in [0, 0.1) is 0 Å². The summed E-state index contributed by atoms with van der Waals surface area (Å²) >= 11 is 0. The van der Waals surface area contributed by atoms with Gasteiger partial charge in [-0.1, -0.05) is 212 Å². The highest BCUT2D eigenvalue weighted by atomic mass is 16.7. The summed E-state index contributed by atoms with van der Waals surface area (Å²) in [5.41, 5.74) is 6.74. The Bertz CT molecular complexity index is 2550. The molecule has 0 aliphatic carbocycles. The van der Waals surface area contributed by atoms with Crippen molar-refractivity contribution in [2.45, 2.75) is 108 Å². The minimum Gasteiger partial charge on any atom is -0.374 e. The Morgan fingerprint density at radius 3 is 0.931 bits per heavy atom. The van der Waals surface area contributed by atoms with Gasteiger partial charge in [-0.15, -0.1) is 0 Å². The van der Waals surface area contributed by atoms with Crippen LogP contribution in [0.2, 0.25) is 0 Å². The number of aliphatic hydroxyl groups excluding tert-OH is 1. The van der Waals surface area contributed by atoms with Crippen molar-refractivity contribution in [3.8, 4) is 0 Å². The van der Waals surface area contributed by atoms with Crippen molar-refractivity contribution in [3.05, 3.63) is 251 Å². The molecular weight excluding hydrogens is 909 g/mol. The molecule has 0 radical (unpaired) electrons. The van der Waals surface area contributed by atoms with Gasteiger partial charge in [0.25, 0.3) is 0 Å². The molecule has 0 saturated carbocycles. The number of hydrogen-bond donors (Lipinski definition) is 1. The molecule has 11 heteroatoms. The molecule has 2 aliphatic heterocycles. The van der Waals surface area contributed by atoms with Gasteiger partial charge in [0.15, 0.2) is 12.6 Å². The minimum atomic E-state index is -1.45. The first-order valence-electron chi connectivity index (χ1n) is 24.8. The largest absolute Gasteiger partial charge is 0.374 e. The molecule has 10 atom stereocenters. The van der Waals surface area contributed by atoms with Crippen molar-refractivity contribution in [2.24, 2.45) is 0 Å². The SMILES string of the molecule is O[C@H]1O[C@H](COCc2ccccc2)[C@@H](OCc2ccccc2)[C@H](O[C@@H]2O[C@H](COCc3ccccc3)[C@H](OCc3ccccc3)[C@H](OCc3ccccc3)[C@H]2OCc2ccccc2)[C@H]1OCc1ccccc1. The van der Waals surface area contributed by atoms with Gasteiger partial charge >= 0.3 is 0 Å². The van der Waals surface area contributed by atoms with Crippen molar-refractivity contribution >= 4 is 0 Å². The molecule has 0 unspecified atom stereocenters. The maximum atomic E-state index is 12.1. The standard InChI is InChI=1S/C61H64O11/c62-60-58(68-41-50-32-18-6-19-33-50)57(55(66-39-48-28-14-4-15-29-48)52(70-60)43-63-36-45-22-8-1-9-23-45)72-61-59(69-42-51-34-20-7-21-35-51)56(67-40-49-30-16-5-17-31-49)54(65-38-47-26-12-3-13-27-47)53(71-61)44-64-37-46-24-10-2-11-25-46/h1-35,52-62H,36-44H2/t52-,53-,54+,55-,56+,57+,58-,59-,60+,61+/m1/s1. The van der Waals surface area contributed by atoms with Gasteiger partial charge in [0, 0.05) is 0 Å². The first-order valence-corrected chi connectivity index (χ1v) is 24.8. The van der Waals surface area contributed by atoms with Crippen LogP contribution in [0.1, 0.15) is 38.9 Å². The predicted octanol–water partition coefficient (Wildman–Crippen LogP) is 10.2. The van der Waals surface area contributed by atoms with Crippen LogP contribution < -0.4 is 0 Å². The molecule has 0 spiro atoms. The fourth-order valence-corrected chi connectivity index (χ4v) is 8.98. The molecule has 11 nitrogen and oxygen atoms in total. The first kappa shape index (κ1) is 51.0. The maximum Gasteiger partial charge on any atom is 0.187 e. The summed E-state index contributed by atoms with van der Waals surface area (Å²) < 4.78 is 68.6. The lowest BCUT2D eigenvalue weighted by Gasteiger charge is -2.49. The third-order valence-corrected chi connectivity index (χ3v) is 12.7. The second kappa shape index (κ2) is 27.2. The number of rotatable bonds is 25. The number of hydrogen-bond acceptors (Lipinski definition) is 11. The lowest BCUT2D eigenvalue weighted by atomic mass is 9.95.